The minimum atomic E-state index is -0.373. The smallest absolute Gasteiger partial charge is 0.0733 e. The first-order chi connectivity index (χ1) is 12.6. The van der Waals surface area contributed by atoms with E-state index >= 15 is 0 Å². The Bertz CT molecular complexity index is 633. The predicted molar refractivity (Wildman–Crippen MR) is 104 cm³/mol. The van der Waals surface area contributed by atoms with E-state index in [1.807, 2.05) is 0 Å². The predicted octanol–water partition coefficient (Wildman–Crippen LogP) is 4.76. The molecule has 2 heteroatoms. The van der Waals surface area contributed by atoms with Gasteiger partial charge in [-0.05, 0) is 87.5 Å². The number of benzene rings is 1. The fraction of sp³-hybridized carbons (Fsp3) is 0.750. The van der Waals surface area contributed by atoms with Crippen molar-refractivity contribution < 1.29 is 5.11 Å². The molecule has 0 spiro atoms. The number of rotatable bonds is 3. The van der Waals surface area contributed by atoms with E-state index < -0.39 is 0 Å². The minimum Gasteiger partial charge on any atom is -0.389 e. The quantitative estimate of drug-likeness (QED) is 0.848. The highest BCUT2D eigenvalue weighted by atomic mass is 16.3. The van der Waals surface area contributed by atoms with Gasteiger partial charge in [-0.2, -0.15) is 0 Å². The third-order valence-electron chi connectivity index (χ3n) is 9.15. The molecule has 0 radical (unpaired) electrons. The van der Waals surface area contributed by atoms with Gasteiger partial charge in [0.2, 0.25) is 0 Å². The van der Waals surface area contributed by atoms with Crippen molar-refractivity contribution in [2.24, 2.45) is 23.2 Å². The zero-order valence-electron chi connectivity index (χ0n) is 15.9. The van der Waals surface area contributed by atoms with Crippen LogP contribution >= 0.6 is 0 Å². The van der Waals surface area contributed by atoms with Gasteiger partial charge in [0.15, 0.2) is 0 Å². The number of hydrogen-bond donors (Lipinski definition) is 1. The summed E-state index contributed by atoms with van der Waals surface area (Å²) in [4.78, 5) is 2.74. The molecule has 6 fully saturated rings. The second-order valence-corrected chi connectivity index (χ2v) is 10.7. The van der Waals surface area contributed by atoms with Crippen LogP contribution in [0.15, 0.2) is 30.3 Å². The van der Waals surface area contributed by atoms with Gasteiger partial charge in [-0.3, -0.25) is 4.90 Å². The van der Waals surface area contributed by atoms with Crippen molar-refractivity contribution in [3.8, 4) is 0 Å². The van der Waals surface area contributed by atoms with Crippen LogP contribution in [0.4, 0.5) is 0 Å². The second kappa shape index (κ2) is 5.58. The molecule has 4 aliphatic carbocycles. The van der Waals surface area contributed by atoms with Crippen LogP contribution in [0.3, 0.4) is 0 Å². The molecule has 2 nitrogen and oxygen atoms in total. The lowest BCUT2D eigenvalue weighted by Crippen LogP contribution is -2.63. The summed E-state index contributed by atoms with van der Waals surface area (Å²) in [5.41, 5.74) is 1.34. The van der Waals surface area contributed by atoms with Crippen molar-refractivity contribution in [1.29, 1.82) is 0 Å². The molecule has 4 saturated carbocycles. The van der Waals surface area contributed by atoms with Crippen molar-refractivity contribution in [1.82, 2.24) is 4.90 Å². The van der Waals surface area contributed by atoms with E-state index in [4.69, 9.17) is 0 Å². The van der Waals surface area contributed by atoms with Gasteiger partial charge < -0.3 is 5.11 Å². The molecule has 1 aromatic carbocycles. The molecule has 2 heterocycles. The normalized spacial score (nSPS) is 49.7. The number of hydrogen-bond acceptors (Lipinski definition) is 2. The van der Waals surface area contributed by atoms with E-state index in [1.165, 1.54) is 56.9 Å². The van der Waals surface area contributed by atoms with E-state index in [2.05, 4.69) is 35.2 Å². The molecule has 1 aromatic rings. The Hall–Kier alpha value is -0.860. The van der Waals surface area contributed by atoms with Crippen LogP contribution in [0.1, 0.15) is 69.8 Å². The van der Waals surface area contributed by atoms with Gasteiger partial charge in [0, 0.05) is 24.0 Å². The first-order valence-corrected chi connectivity index (χ1v) is 11.1. The number of aliphatic hydroxyl groups is 1. The Morgan fingerprint density at radius 1 is 0.808 bits per heavy atom. The van der Waals surface area contributed by atoms with E-state index in [1.54, 1.807) is 0 Å². The van der Waals surface area contributed by atoms with Gasteiger partial charge in [-0.15, -0.1) is 0 Å². The van der Waals surface area contributed by atoms with Gasteiger partial charge in [-0.1, -0.05) is 30.3 Å². The maximum absolute atomic E-state index is 12.1. The second-order valence-electron chi connectivity index (χ2n) is 10.7. The molecular weight excluding hydrogens is 318 g/mol. The van der Waals surface area contributed by atoms with Crippen LogP contribution in [0.2, 0.25) is 0 Å². The highest BCUT2D eigenvalue weighted by molar-refractivity contribution is 5.18. The fourth-order valence-electron chi connectivity index (χ4n) is 8.48. The van der Waals surface area contributed by atoms with Crippen LogP contribution in [0.25, 0.3) is 0 Å². The van der Waals surface area contributed by atoms with Gasteiger partial charge >= 0.3 is 0 Å². The van der Waals surface area contributed by atoms with Crippen molar-refractivity contribution in [2.45, 2.75) is 88.4 Å². The zero-order chi connectivity index (χ0) is 17.4. The van der Waals surface area contributed by atoms with Crippen LogP contribution in [0.5, 0.6) is 0 Å². The summed E-state index contributed by atoms with van der Waals surface area (Å²) >= 11 is 0. The van der Waals surface area contributed by atoms with E-state index in [0.29, 0.717) is 12.1 Å². The maximum atomic E-state index is 12.1. The molecule has 140 valence electrons. The molecule has 2 aliphatic heterocycles. The highest BCUT2D eigenvalue weighted by Gasteiger charge is 2.63. The molecule has 6 aliphatic rings. The Morgan fingerprint density at radius 3 is 1.88 bits per heavy atom. The van der Waals surface area contributed by atoms with Crippen LogP contribution in [0, 0.1) is 23.2 Å². The minimum absolute atomic E-state index is 0.279. The lowest BCUT2D eigenvalue weighted by atomic mass is 9.44. The first kappa shape index (κ1) is 16.1. The molecule has 7 rings (SSSR count). The lowest BCUT2D eigenvalue weighted by molar-refractivity contribution is -0.207. The van der Waals surface area contributed by atoms with Crippen molar-refractivity contribution in [2.75, 3.05) is 0 Å². The molecule has 0 aromatic heterocycles. The molecule has 2 saturated heterocycles. The van der Waals surface area contributed by atoms with Gasteiger partial charge in [-0.25, -0.2) is 0 Å². The summed E-state index contributed by atoms with van der Waals surface area (Å²) in [6.07, 6.45) is 13.1. The monoisotopic (exact) mass is 351 g/mol. The topological polar surface area (TPSA) is 23.5 Å². The molecule has 2 unspecified atom stereocenters. The zero-order valence-corrected chi connectivity index (χ0v) is 15.9. The molecule has 0 amide bonds. The fourth-order valence-corrected chi connectivity index (χ4v) is 8.48. The molecule has 2 atom stereocenters. The molecule has 1 N–H and O–H groups in total. The average Bonchev–Trinajstić information content (AvgIpc) is 2.85. The summed E-state index contributed by atoms with van der Waals surface area (Å²) in [5.74, 6) is 2.81. The van der Waals surface area contributed by atoms with Crippen LogP contribution in [-0.2, 0) is 6.54 Å². The van der Waals surface area contributed by atoms with Gasteiger partial charge in [0.25, 0.3) is 0 Å². The molecular formula is C24H33NO. The average molecular weight is 352 g/mol. The SMILES string of the molecule is OC1(C23CC4CC(CC(C4)C2)C3)CC2CCC(C1)N2Cc1ccccc1. The Kier molecular flexibility index (Phi) is 3.46. The van der Waals surface area contributed by atoms with E-state index in [-0.39, 0.29) is 11.0 Å². The first-order valence-electron chi connectivity index (χ1n) is 11.1. The Labute approximate surface area is 158 Å². The Balaban J connectivity index is 1.26. The van der Waals surface area contributed by atoms with E-state index in [0.717, 1.165) is 37.1 Å². The number of nitrogens with zero attached hydrogens (tertiary/aromatic N) is 1. The van der Waals surface area contributed by atoms with Crippen LogP contribution in [-0.4, -0.2) is 27.7 Å². The third-order valence-corrected chi connectivity index (χ3v) is 9.15. The number of piperidine rings is 1. The van der Waals surface area contributed by atoms with E-state index in [9.17, 15) is 5.11 Å². The lowest BCUT2D eigenvalue weighted by Gasteiger charge is -2.64. The number of fused-ring (bicyclic) bond motifs is 2. The van der Waals surface area contributed by atoms with Gasteiger partial charge in [0.05, 0.1) is 5.60 Å². The highest BCUT2D eigenvalue weighted by Crippen LogP contribution is 2.66. The maximum Gasteiger partial charge on any atom is 0.0733 e. The summed E-state index contributed by atoms with van der Waals surface area (Å²) in [6, 6.07) is 12.2. The third kappa shape index (κ3) is 2.31. The standard InChI is InChI=1S/C24H33NO/c26-24(23-11-18-8-19(12-23)10-20(9-18)13-23)14-21-6-7-22(15-24)25(21)16-17-4-2-1-3-5-17/h1-5,18-22,26H,6-16H2. The van der Waals surface area contributed by atoms with Crippen molar-refractivity contribution in [3.05, 3.63) is 35.9 Å². The summed E-state index contributed by atoms with van der Waals surface area (Å²) in [7, 11) is 0. The summed E-state index contributed by atoms with van der Waals surface area (Å²) in [6.45, 7) is 1.08. The molecule has 26 heavy (non-hydrogen) atoms. The van der Waals surface area contributed by atoms with Crippen molar-refractivity contribution >= 4 is 0 Å². The largest absolute Gasteiger partial charge is 0.389 e. The van der Waals surface area contributed by atoms with Crippen LogP contribution < -0.4 is 0 Å². The summed E-state index contributed by atoms with van der Waals surface area (Å²) in [5, 5.41) is 12.1. The van der Waals surface area contributed by atoms with Crippen molar-refractivity contribution in [3.63, 3.8) is 0 Å². The van der Waals surface area contributed by atoms with Gasteiger partial charge in [0.1, 0.15) is 0 Å². The molecule has 6 bridgehead atoms. The Morgan fingerprint density at radius 2 is 1.35 bits per heavy atom. The summed E-state index contributed by atoms with van der Waals surface area (Å²) < 4.78 is 0.